The van der Waals surface area contributed by atoms with Crippen molar-refractivity contribution < 1.29 is 13.6 Å². The zero-order chi connectivity index (χ0) is 21.8. The number of carbonyl (C=O) groups excluding carboxylic acids is 1. The molecule has 160 valence electrons. The molecule has 5 aromatic heterocycles. The van der Waals surface area contributed by atoms with Crippen molar-refractivity contribution >= 4 is 11.4 Å². The molecule has 12 heteroatoms. The number of imidazole rings is 1. The third kappa shape index (κ3) is 2.80. The molecule has 11 nitrogen and oxygen atoms in total. The second kappa shape index (κ2) is 6.83. The number of H-pyrrole nitrogens is 1. The monoisotopic (exact) mass is 433 g/mol. The van der Waals surface area contributed by atoms with Crippen LogP contribution in [0.25, 0.3) is 17.1 Å². The first-order valence-corrected chi connectivity index (χ1v) is 9.89. The number of fused-ring (bicyclic) bond motifs is 2. The first-order valence-electron chi connectivity index (χ1n) is 9.89. The van der Waals surface area contributed by atoms with Gasteiger partial charge in [-0.3, -0.25) is 9.48 Å². The topological polar surface area (TPSA) is 123 Å². The zero-order valence-electron chi connectivity index (χ0n) is 16.8. The Kier molecular flexibility index (Phi) is 3.93. The quantitative estimate of drug-likeness (QED) is 0.430. The Morgan fingerprint density at radius 3 is 2.97 bits per heavy atom. The third-order valence-corrected chi connectivity index (χ3v) is 5.47. The second-order valence-corrected chi connectivity index (χ2v) is 7.46. The van der Waals surface area contributed by atoms with E-state index in [0.29, 0.717) is 35.6 Å². The maximum absolute atomic E-state index is 14.2. The smallest absolute Gasteiger partial charge is 0.312 e. The number of amides is 1. The van der Waals surface area contributed by atoms with Gasteiger partial charge in [0, 0.05) is 31.9 Å². The van der Waals surface area contributed by atoms with Gasteiger partial charge in [-0.25, -0.2) is 9.50 Å². The Bertz CT molecular complexity index is 1460. The van der Waals surface area contributed by atoms with Crippen LogP contribution in [-0.4, -0.2) is 56.9 Å². The van der Waals surface area contributed by atoms with E-state index in [1.165, 1.54) is 10.6 Å². The lowest BCUT2D eigenvalue weighted by atomic mass is 9.99. The number of rotatable bonds is 3. The summed E-state index contributed by atoms with van der Waals surface area (Å²) in [6, 6.07) is 7.50. The molecule has 0 saturated carbocycles. The SMILES string of the molecule is Cn1ccc(-c2nnc(C(=O)N3CCc4[nH]cnc4[C@H]3c3cc4cccc(F)n4n3)o2)n1. The molecule has 5 aromatic rings. The molecule has 0 spiro atoms. The Labute approximate surface area is 179 Å². The summed E-state index contributed by atoms with van der Waals surface area (Å²) in [6.45, 7) is 0.371. The first kappa shape index (κ1) is 18.4. The van der Waals surface area contributed by atoms with Crippen molar-refractivity contribution in [1.82, 2.24) is 44.5 Å². The Balaban J connectivity index is 1.41. The molecule has 1 amide bonds. The number of halogens is 1. The number of hydrogen-bond acceptors (Lipinski definition) is 7. The van der Waals surface area contributed by atoms with Crippen LogP contribution in [0.1, 0.15) is 33.8 Å². The number of aryl methyl sites for hydroxylation is 1. The van der Waals surface area contributed by atoms with Crippen LogP contribution >= 0.6 is 0 Å². The Hall–Kier alpha value is -4.35. The second-order valence-electron chi connectivity index (χ2n) is 7.46. The van der Waals surface area contributed by atoms with Crippen LogP contribution in [0, 0.1) is 5.95 Å². The van der Waals surface area contributed by atoms with Crippen molar-refractivity contribution in [2.24, 2.45) is 7.05 Å². The van der Waals surface area contributed by atoms with Crippen LogP contribution in [0.5, 0.6) is 0 Å². The summed E-state index contributed by atoms with van der Waals surface area (Å²) in [5.41, 5.74) is 3.08. The van der Waals surface area contributed by atoms with Crippen LogP contribution in [0.3, 0.4) is 0 Å². The molecule has 0 unspecified atom stereocenters. The van der Waals surface area contributed by atoms with E-state index in [-0.39, 0.29) is 11.8 Å². The normalized spacial score (nSPS) is 15.9. The van der Waals surface area contributed by atoms with Gasteiger partial charge in [0.15, 0.2) is 0 Å². The minimum Gasteiger partial charge on any atom is -0.411 e. The molecule has 1 N–H and O–H groups in total. The molecular weight excluding hydrogens is 417 g/mol. The maximum Gasteiger partial charge on any atom is 0.312 e. The molecule has 0 aromatic carbocycles. The molecule has 0 saturated heterocycles. The molecule has 1 aliphatic rings. The number of hydrogen-bond donors (Lipinski definition) is 1. The summed E-state index contributed by atoms with van der Waals surface area (Å²) in [7, 11) is 1.77. The van der Waals surface area contributed by atoms with Crippen molar-refractivity contribution in [3.63, 3.8) is 0 Å². The third-order valence-electron chi connectivity index (χ3n) is 5.47. The van der Waals surface area contributed by atoms with E-state index >= 15 is 0 Å². The van der Waals surface area contributed by atoms with Crippen molar-refractivity contribution in [1.29, 1.82) is 0 Å². The van der Waals surface area contributed by atoms with E-state index < -0.39 is 17.9 Å². The van der Waals surface area contributed by atoms with Gasteiger partial charge in [-0.05, 0) is 24.3 Å². The van der Waals surface area contributed by atoms with Crippen LogP contribution in [0.2, 0.25) is 0 Å². The Morgan fingerprint density at radius 1 is 1.25 bits per heavy atom. The fourth-order valence-electron chi connectivity index (χ4n) is 3.99. The van der Waals surface area contributed by atoms with E-state index in [0.717, 1.165) is 5.69 Å². The highest BCUT2D eigenvalue weighted by molar-refractivity contribution is 5.90. The average molecular weight is 433 g/mol. The van der Waals surface area contributed by atoms with Crippen LogP contribution in [0.15, 0.2) is 47.3 Å². The van der Waals surface area contributed by atoms with Gasteiger partial charge in [0.25, 0.3) is 5.89 Å². The molecule has 6 rings (SSSR count). The van der Waals surface area contributed by atoms with Crippen LogP contribution in [0.4, 0.5) is 4.39 Å². The lowest BCUT2D eigenvalue weighted by Gasteiger charge is -2.32. The highest BCUT2D eigenvalue weighted by Gasteiger charge is 2.38. The number of aromatic amines is 1. The molecule has 0 fully saturated rings. The van der Waals surface area contributed by atoms with Gasteiger partial charge in [0.05, 0.1) is 23.2 Å². The molecule has 6 heterocycles. The number of nitrogens with zero attached hydrogens (tertiary/aromatic N) is 8. The van der Waals surface area contributed by atoms with Crippen molar-refractivity contribution in [2.45, 2.75) is 12.5 Å². The molecule has 1 aliphatic heterocycles. The summed E-state index contributed by atoms with van der Waals surface area (Å²) in [6.07, 6.45) is 3.89. The lowest BCUT2D eigenvalue weighted by Crippen LogP contribution is -2.41. The first-order chi connectivity index (χ1) is 15.6. The molecule has 0 radical (unpaired) electrons. The van der Waals surface area contributed by atoms with Gasteiger partial charge in [-0.15, -0.1) is 10.2 Å². The highest BCUT2D eigenvalue weighted by Crippen LogP contribution is 2.34. The maximum atomic E-state index is 14.2. The summed E-state index contributed by atoms with van der Waals surface area (Å²) in [5, 5.41) is 16.5. The lowest BCUT2D eigenvalue weighted by molar-refractivity contribution is 0.0646. The number of pyridine rings is 1. The fraction of sp³-hybridized carbons (Fsp3) is 0.200. The van der Waals surface area contributed by atoms with Gasteiger partial charge < -0.3 is 14.3 Å². The predicted octanol–water partition coefficient (Wildman–Crippen LogP) is 1.77. The fourth-order valence-corrected chi connectivity index (χ4v) is 3.99. The van der Waals surface area contributed by atoms with E-state index in [4.69, 9.17) is 4.42 Å². The number of nitrogens with one attached hydrogen (secondary N) is 1. The van der Waals surface area contributed by atoms with E-state index in [1.807, 2.05) is 0 Å². The number of aromatic nitrogens is 8. The van der Waals surface area contributed by atoms with Crippen molar-refractivity contribution in [3.8, 4) is 11.6 Å². The van der Waals surface area contributed by atoms with Crippen molar-refractivity contribution in [2.75, 3.05) is 6.54 Å². The summed E-state index contributed by atoms with van der Waals surface area (Å²) >= 11 is 0. The molecular formula is C20H16FN9O2. The number of carbonyl (C=O) groups is 1. The molecule has 32 heavy (non-hydrogen) atoms. The summed E-state index contributed by atoms with van der Waals surface area (Å²) in [4.78, 5) is 22.5. The minimum absolute atomic E-state index is 0.151. The summed E-state index contributed by atoms with van der Waals surface area (Å²) < 4.78 is 22.7. The van der Waals surface area contributed by atoms with Gasteiger partial charge in [0.2, 0.25) is 5.95 Å². The van der Waals surface area contributed by atoms with Gasteiger partial charge in [-0.1, -0.05) is 6.07 Å². The molecule has 0 aliphatic carbocycles. The largest absolute Gasteiger partial charge is 0.411 e. The van der Waals surface area contributed by atoms with E-state index in [1.54, 1.807) is 53.4 Å². The van der Waals surface area contributed by atoms with Crippen LogP contribution in [-0.2, 0) is 13.5 Å². The van der Waals surface area contributed by atoms with Gasteiger partial charge >= 0.3 is 11.8 Å². The molecule has 0 bridgehead atoms. The highest BCUT2D eigenvalue weighted by atomic mass is 19.1. The van der Waals surface area contributed by atoms with Crippen molar-refractivity contribution in [3.05, 3.63) is 71.8 Å². The standard InChI is InChI=1S/C20H16FN9O2/c1-28-7-5-13(26-28)18-24-25-19(32-18)20(31)29-8-6-12-16(23-10-22-12)17(29)14-9-11-3-2-4-15(21)30(11)27-14/h2-5,7,9-10,17H,6,8H2,1H3,(H,22,23)/t17-/m1/s1. The van der Waals surface area contributed by atoms with Gasteiger partial charge in [0.1, 0.15) is 11.7 Å². The predicted molar refractivity (Wildman–Crippen MR) is 107 cm³/mol. The van der Waals surface area contributed by atoms with Gasteiger partial charge in [-0.2, -0.15) is 14.6 Å². The van der Waals surface area contributed by atoms with E-state index in [9.17, 15) is 9.18 Å². The van der Waals surface area contributed by atoms with E-state index in [2.05, 4.69) is 30.4 Å². The zero-order valence-corrected chi connectivity index (χ0v) is 16.8. The Morgan fingerprint density at radius 2 is 2.16 bits per heavy atom. The van der Waals surface area contributed by atoms with Crippen LogP contribution < -0.4 is 0 Å². The summed E-state index contributed by atoms with van der Waals surface area (Å²) in [5.74, 6) is -0.972. The minimum atomic E-state index is -0.637. The average Bonchev–Trinajstić information content (AvgIpc) is 3.57. The molecule has 1 atom stereocenters.